The molecular weight excluding hydrogens is 268 g/mol. The van der Waals surface area contributed by atoms with Crippen LogP contribution in [0.15, 0.2) is 12.1 Å². The Morgan fingerprint density at radius 1 is 1.38 bits per heavy atom. The van der Waals surface area contributed by atoms with E-state index in [2.05, 4.69) is 23.3 Å². The first-order valence-corrected chi connectivity index (χ1v) is 7.62. The molecule has 21 heavy (non-hydrogen) atoms. The van der Waals surface area contributed by atoms with Crippen molar-refractivity contribution in [3.8, 4) is 17.2 Å². The van der Waals surface area contributed by atoms with Crippen molar-refractivity contribution < 1.29 is 14.2 Å². The van der Waals surface area contributed by atoms with Crippen molar-refractivity contribution in [2.75, 3.05) is 40.6 Å². The smallest absolute Gasteiger partial charge is 0.231 e. The van der Waals surface area contributed by atoms with E-state index in [1.165, 1.54) is 24.9 Å². The summed E-state index contributed by atoms with van der Waals surface area (Å²) in [5.41, 5.74) is 1.20. The average Bonchev–Trinajstić information content (AvgIpc) is 2.95. The highest BCUT2D eigenvalue weighted by atomic mass is 16.7. The zero-order chi connectivity index (χ0) is 14.7. The molecule has 0 amide bonds. The molecule has 3 rings (SSSR count). The van der Waals surface area contributed by atoms with E-state index in [1.807, 2.05) is 6.07 Å². The molecular formula is C16H24N2O3. The highest BCUT2D eigenvalue weighted by molar-refractivity contribution is 5.55. The lowest BCUT2D eigenvalue weighted by Gasteiger charge is -2.27. The topological polar surface area (TPSA) is 43.0 Å². The van der Waals surface area contributed by atoms with E-state index in [4.69, 9.17) is 14.2 Å². The molecule has 1 saturated heterocycles. The van der Waals surface area contributed by atoms with E-state index >= 15 is 0 Å². The summed E-state index contributed by atoms with van der Waals surface area (Å²) >= 11 is 0. The number of benzene rings is 1. The van der Waals surface area contributed by atoms with Crippen LogP contribution in [0.5, 0.6) is 17.2 Å². The third-order valence-electron chi connectivity index (χ3n) is 4.14. The Balaban J connectivity index is 1.64. The van der Waals surface area contributed by atoms with E-state index in [9.17, 15) is 0 Å². The predicted molar refractivity (Wildman–Crippen MR) is 81.0 cm³/mol. The minimum Gasteiger partial charge on any atom is -0.493 e. The molecule has 1 aromatic rings. The fraction of sp³-hybridized carbons (Fsp3) is 0.625. The number of methoxy groups -OCH3 is 1. The van der Waals surface area contributed by atoms with Gasteiger partial charge in [-0.3, -0.25) is 0 Å². The van der Waals surface area contributed by atoms with Gasteiger partial charge in [-0.05, 0) is 56.6 Å². The Kier molecular flexibility index (Phi) is 4.51. The van der Waals surface area contributed by atoms with Crippen molar-refractivity contribution >= 4 is 0 Å². The van der Waals surface area contributed by atoms with Crippen LogP contribution in [0.1, 0.15) is 18.4 Å². The van der Waals surface area contributed by atoms with Gasteiger partial charge in [-0.2, -0.15) is 0 Å². The second-order valence-electron chi connectivity index (χ2n) is 5.94. The van der Waals surface area contributed by atoms with Gasteiger partial charge in [0.15, 0.2) is 11.5 Å². The molecule has 2 heterocycles. The molecule has 1 aromatic carbocycles. The molecule has 2 aliphatic heterocycles. The molecule has 5 nitrogen and oxygen atoms in total. The van der Waals surface area contributed by atoms with Crippen molar-refractivity contribution in [2.45, 2.75) is 19.4 Å². The van der Waals surface area contributed by atoms with Crippen molar-refractivity contribution in [1.82, 2.24) is 10.2 Å². The molecule has 0 radical (unpaired) electrons. The fourth-order valence-corrected chi connectivity index (χ4v) is 3.17. The van der Waals surface area contributed by atoms with Gasteiger partial charge in [0, 0.05) is 13.1 Å². The minimum absolute atomic E-state index is 0.277. The number of hydrogen-bond donors (Lipinski definition) is 1. The van der Waals surface area contributed by atoms with Gasteiger partial charge in [0.05, 0.1) is 7.11 Å². The SMILES string of the molecule is COc1cc(CN(C)CC2CCCNC2)cc2c1OCO2. The zero-order valence-corrected chi connectivity index (χ0v) is 12.9. The summed E-state index contributed by atoms with van der Waals surface area (Å²) < 4.78 is 16.3. The van der Waals surface area contributed by atoms with Crippen LogP contribution < -0.4 is 19.5 Å². The molecule has 5 heteroatoms. The van der Waals surface area contributed by atoms with Crippen LogP contribution in [0.3, 0.4) is 0 Å². The summed E-state index contributed by atoms with van der Waals surface area (Å²) in [7, 11) is 3.84. The molecule has 0 aliphatic carbocycles. The first kappa shape index (κ1) is 14.5. The number of hydrogen-bond acceptors (Lipinski definition) is 5. The number of piperidine rings is 1. The Bertz CT molecular complexity index is 487. The van der Waals surface area contributed by atoms with E-state index in [-0.39, 0.29) is 6.79 Å². The van der Waals surface area contributed by atoms with Gasteiger partial charge >= 0.3 is 0 Å². The van der Waals surface area contributed by atoms with Gasteiger partial charge in [-0.25, -0.2) is 0 Å². The molecule has 2 aliphatic rings. The van der Waals surface area contributed by atoms with E-state index < -0.39 is 0 Å². The van der Waals surface area contributed by atoms with Gasteiger partial charge in [0.25, 0.3) is 0 Å². The van der Waals surface area contributed by atoms with Gasteiger partial charge in [-0.15, -0.1) is 0 Å². The Morgan fingerprint density at radius 3 is 3.05 bits per heavy atom. The predicted octanol–water partition coefficient (Wildman–Crippen LogP) is 1.86. The van der Waals surface area contributed by atoms with E-state index in [0.717, 1.165) is 42.8 Å². The minimum atomic E-state index is 0.277. The maximum atomic E-state index is 5.48. The lowest BCUT2D eigenvalue weighted by molar-refractivity contribution is 0.171. The van der Waals surface area contributed by atoms with Crippen molar-refractivity contribution in [3.05, 3.63) is 17.7 Å². The quantitative estimate of drug-likeness (QED) is 0.897. The first-order valence-electron chi connectivity index (χ1n) is 7.62. The monoisotopic (exact) mass is 292 g/mol. The second kappa shape index (κ2) is 6.54. The lowest BCUT2D eigenvalue weighted by atomic mass is 9.99. The summed E-state index contributed by atoms with van der Waals surface area (Å²) in [4.78, 5) is 2.37. The maximum absolute atomic E-state index is 5.48. The lowest BCUT2D eigenvalue weighted by Crippen LogP contribution is -2.36. The summed E-state index contributed by atoms with van der Waals surface area (Å²) in [6.07, 6.45) is 2.61. The van der Waals surface area contributed by atoms with Crippen LogP contribution in [-0.2, 0) is 6.54 Å². The van der Waals surface area contributed by atoms with Gasteiger partial charge in [0.2, 0.25) is 12.5 Å². The Labute approximate surface area is 126 Å². The van der Waals surface area contributed by atoms with Crippen LogP contribution in [0.4, 0.5) is 0 Å². The first-order chi connectivity index (χ1) is 10.3. The van der Waals surface area contributed by atoms with E-state index in [0.29, 0.717) is 0 Å². The van der Waals surface area contributed by atoms with Crippen LogP contribution in [0.25, 0.3) is 0 Å². The van der Waals surface area contributed by atoms with Crippen LogP contribution in [0.2, 0.25) is 0 Å². The van der Waals surface area contributed by atoms with Gasteiger partial charge in [0.1, 0.15) is 0 Å². The van der Waals surface area contributed by atoms with Crippen LogP contribution in [-0.4, -0.2) is 45.5 Å². The second-order valence-corrected chi connectivity index (χ2v) is 5.94. The summed E-state index contributed by atoms with van der Waals surface area (Å²) in [5, 5.41) is 3.47. The zero-order valence-electron chi connectivity index (χ0n) is 12.9. The molecule has 1 unspecified atom stereocenters. The van der Waals surface area contributed by atoms with Crippen molar-refractivity contribution in [1.29, 1.82) is 0 Å². The fourth-order valence-electron chi connectivity index (χ4n) is 3.17. The third-order valence-corrected chi connectivity index (χ3v) is 4.14. The number of ether oxygens (including phenoxy) is 3. The maximum Gasteiger partial charge on any atom is 0.231 e. The summed E-state index contributed by atoms with van der Waals surface area (Å²) in [5.74, 6) is 3.02. The molecule has 0 bridgehead atoms. The number of nitrogens with one attached hydrogen (secondary N) is 1. The molecule has 116 valence electrons. The molecule has 0 spiro atoms. The van der Waals surface area contributed by atoms with Crippen molar-refractivity contribution in [2.24, 2.45) is 5.92 Å². The third kappa shape index (κ3) is 3.41. The van der Waals surface area contributed by atoms with Gasteiger partial charge < -0.3 is 24.4 Å². The van der Waals surface area contributed by atoms with Crippen LogP contribution in [0, 0.1) is 5.92 Å². The largest absolute Gasteiger partial charge is 0.493 e. The number of nitrogens with zero attached hydrogens (tertiary/aromatic N) is 1. The van der Waals surface area contributed by atoms with Gasteiger partial charge in [-0.1, -0.05) is 0 Å². The summed E-state index contributed by atoms with van der Waals surface area (Å²) in [6, 6.07) is 4.10. The molecule has 1 fully saturated rings. The average molecular weight is 292 g/mol. The van der Waals surface area contributed by atoms with Crippen molar-refractivity contribution in [3.63, 3.8) is 0 Å². The molecule has 1 N–H and O–H groups in total. The van der Waals surface area contributed by atoms with Crippen LogP contribution >= 0.6 is 0 Å². The Morgan fingerprint density at radius 2 is 2.29 bits per heavy atom. The number of fused-ring (bicyclic) bond motifs is 1. The highest BCUT2D eigenvalue weighted by Gasteiger charge is 2.21. The normalized spacial score (nSPS) is 20.8. The molecule has 0 saturated carbocycles. The number of rotatable bonds is 5. The summed E-state index contributed by atoms with van der Waals surface area (Å²) in [6.45, 7) is 4.58. The van der Waals surface area contributed by atoms with E-state index in [1.54, 1.807) is 7.11 Å². The standard InChI is InChI=1S/C16H24N2O3/c1-18(9-12-4-3-5-17-8-12)10-13-6-14(19-2)16-15(7-13)20-11-21-16/h6-7,12,17H,3-5,8-11H2,1-2H3. The molecule has 1 atom stereocenters. The Hall–Kier alpha value is -1.46. The highest BCUT2D eigenvalue weighted by Crippen LogP contribution is 2.42. The molecule has 0 aromatic heterocycles.